The molecule has 0 radical (unpaired) electrons. The van der Waals surface area contributed by atoms with Gasteiger partial charge in [0.05, 0.1) is 7.11 Å². The fraction of sp³-hybridized carbons (Fsp3) is 0.300. The molecule has 1 aromatic rings. The molecule has 2 N–H and O–H groups in total. The molecule has 4 heteroatoms. The molecule has 14 heavy (non-hydrogen) atoms. The van der Waals surface area contributed by atoms with Crippen molar-refractivity contribution in [3.8, 4) is 0 Å². The number of benzene rings is 1. The van der Waals surface area contributed by atoms with Gasteiger partial charge in [0.2, 0.25) is 0 Å². The number of methoxy groups -OCH3 is 1. The van der Waals surface area contributed by atoms with Gasteiger partial charge in [-0.05, 0) is 12.0 Å². The van der Waals surface area contributed by atoms with Crippen LogP contribution in [-0.2, 0) is 16.0 Å². The third-order valence-corrected chi connectivity index (χ3v) is 1.80. The number of esters is 1. The first-order valence-electron chi connectivity index (χ1n) is 4.11. The summed E-state index contributed by atoms with van der Waals surface area (Å²) in [5.41, 5.74) is 6.63. The van der Waals surface area contributed by atoms with E-state index in [-0.39, 0.29) is 29.9 Å². The van der Waals surface area contributed by atoms with Crippen LogP contribution < -0.4 is 5.73 Å². The van der Waals surface area contributed by atoms with Crippen molar-refractivity contribution in [3.05, 3.63) is 35.9 Å². The summed E-state index contributed by atoms with van der Waals surface area (Å²) < 4.78 is 4.52. The molecule has 0 fully saturated rings. The van der Waals surface area contributed by atoms with Gasteiger partial charge >= 0.3 is 5.97 Å². The average Bonchev–Trinajstić information content (AvgIpc) is 2.18. The highest BCUT2D eigenvalue weighted by molar-refractivity contribution is 14.0. The van der Waals surface area contributed by atoms with Crippen molar-refractivity contribution in [1.29, 1.82) is 0 Å². The molecule has 78 valence electrons. The Hall–Kier alpha value is -0.620. The second-order valence-electron chi connectivity index (χ2n) is 2.82. The molecule has 0 saturated heterocycles. The van der Waals surface area contributed by atoms with Crippen LogP contribution in [-0.4, -0.2) is 19.1 Å². The largest absolute Gasteiger partial charge is 0.468 e. The van der Waals surface area contributed by atoms with E-state index in [2.05, 4.69) is 4.74 Å². The quantitative estimate of drug-likeness (QED) is 0.677. The topological polar surface area (TPSA) is 52.3 Å². The van der Waals surface area contributed by atoms with Crippen LogP contribution in [0.1, 0.15) is 5.56 Å². The minimum atomic E-state index is -0.563. The maximum atomic E-state index is 11.0. The van der Waals surface area contributed by atoms with Crippen molar-refractivity contribution < 1.29 is 9.53 Å². The number of halogens is 1. The van der Waals surface area contributed by atoms with Gasteiger partial charge in [-0.3, -0.25) is 4.79 Å². The second-order valence-corrected chi connectivity index (χ2v) is 2.82. The minimum Gasteiger partial charge on any atom is -0.468 e. The number of carbonyl (C=O) groups is 1. The lowest BCUT2D eigenvalue weighted by atomic mass is 10.1. The van der Waals surface area contributed by atoms with Crippen LogP contribution in [0, 0.1) is 0 Å². The number of nitrogens with two attached hydrogens (primary N) is 1. The predicted octanol–water partition coefficient (Wildman–Crippen LogP) is 1.35. The summed E-state index contributed by atoms with van der Waals surface area (Å²) in [7, 11) is 1.34. The zero-order chi connectivity index (χ0) is 9.68. The van der Waals surface area contributed by atoms with E-state index in [4.69, 9.17) is 5.73 Å². The van der Waals surface area contributed by atoms with Crippen LogP contribution in [0.15, 0.2) is 30.3 Å². The molecule has 1 rings (SSSR count). The number of hydrogen-bond donors (Lipinski definition) is 1. The highest BCUT2D eigenvalue weighted by Crippen LogP contribution is 2.02. The summed E-state index contributed by atoms with van der Waals surface area (Å²) in [6.45, 7) is 0. The van der Waals surface area contributed by atoms with Gasteiger partial charge in [0.25, 0.3) is 0 Å². The Morgan fingerprint density at radius 2 is 2.00 bits per heavy atom. The molecule has 0 aliphatic carbocycles. The molecule has 1 atom stereocenters. The third-order valence-electron chi connectivity index (χ3n) is 1.80. The Labute approximate surface area is 101 Å². The van der Waals surface area contributed by atoms with Gasteiger partial charge in [-0.25, -0.2) is 0 Å². The van der Waals surface area contributed by atoms with Crippen LogP contribution in [0.25, 0.3) is 0 Å². The van der Waals surface area contributed by atoms with Crippen molar-refractivity contribution in [3.63, 3.8) is 0 Å². The molecule has 1 aromatic carbocycles. The third kappa shape index (κ3) is 4.06. The van der Waals surface area contributed by atoms with E-state index >= 15 is 0 Å². The molecule has 0 aromatic heterocycles. The summed E-state index contributed by atoms with van der Waals surface area (Å²) in [4.78, 5) is 11.0. The molecule has 0 heterocycles. The average molecular weight is 307 g/mol. The molecule has 3 nitrogen and oxygen atoms in total. The summed E-state index contributed by atoms with van der Waals surface area (Å²) in [5.74, 6) is -0.371. The number of hydrogen-bond acceptors (Lipinski definition) is 3. The van der Waals surface area contributed by atoms with E-state index in [0.29, 0.717) is 6.42 Å². The molecule has 0 spiro atoms. The maximum absolute atomic E-state index is 11.0. The molecule has 0 amide bonds. The van der Waals surface area contributed by atoms with Crippen LogP contribution in [0.2, 0.25) is 0 Å². The first-order valence-corrected chi connectivity index (χ1v) is 4.11. The van der Waals surface area contributed by atoms with Gasteiger partial charge in [-0.2, -0.15) is 0 Å². The molecule has 0 bridgehead atoms. The second kappa shape index (κ2) is 6.78. The summed E-state index contributed by atoms with van der Waals surface area (Å²) in [5, 5.41) is 0. The fourth-order valence-electron chi connectivity index (χ4n) is 1.10. The zero-order valence-electron chi connectivity index (χ0n) is 7.97. The van der Waals surface area contributed by atoms with E-state index in [0.717, 1.165) is 5.56 Å². The SMILES string of the molecule is COC(=O)[C@@H](N)Cc1ccccc1.I. The van der Waals surface area contributed by atoms with Crippen molar-refractivity contribution in [2.24, 2.45) is 5.73 Å². The van der Waals surface area contributed by atoms with Crippen LogP contribution in [0.5, 0.6) is 0 Å². The Bertz CT molecular complexity index is 277. The van der Waals surface area contributed by atoms with E-state index in [1.54, 1.807) is 0 Å². The van der Waals surface area contributed by atoms with Gasteiger partial charge in [-0.1, -0.05) is 30.3 Å². The lowest BCUT2D eigenvalue weighted by Crippen LogP contribution is -2.33. The Balaban J connectivity index is 0.00000169. The van der Waals surface area contributed by atoms with Gasteiger partial charge in [0.1, 0.15) is 6.04 Å². The van der Waals surface area contributed by atoms with E-state index in [9.17, 15) is 4.79 Å². The Morgan fingerprint density at radius 1 is 1.43 bits per heavy atom. The monoisotopic (exact) mass is 307 g/mol. The Morgan fingerprint density at radius 3 is 2.50 bits per heavy atom. The predicted molar refractivity (Wildman–Crippen MR) is 65.6 cm³/mol. The Kier molecular flexibility index (Phi) is 6.48. The van der Waals surface area contributed by atoms with Crippen LogP contribution in [0.4, 0.5) is 0 Å². The highest BCUT2D eigenvalue weighted by Gasteiger charge is 2.13. The fourth-order valence-corrected chi connectivity index (χ4v) is 1.10. The molecule has 0 unspecified atom stereocenters. The van der Waals surface area contributed by atoms with Gasteiger partial charge < -0.3 is 10.5 Å². The van der Waals surface area contributed by atoms with Crippen molar-refractivity contribution in [2.45, 2.75) is 12.5 Å². The molecule has 0 aliphatic rings. The van der Waals surface area contributed by atoms with Gasteiger partial charge in [0, 0.05) is 0 Å². The van der Waals surface area contributed by atoms with Crippen molar-refractivity contribution in [1.82, 2.24) is 0 Å². The molecule has 0 saturated carbocycles. The summed E-state index contributed by atoms with van der Waals surface area (Å²) in [6, 6.07) is 9.06. The number of rotatable bonds is 3. The van der Waals surface area contributed by atoms with Crippen LogP contribution in [0.3, 0.4) is 0 Å². The molecular weight excluding hydrogens is 293 g/mol. The smallest absolute Gasteiger partial charge is 0.322 e. The van der Waals surface area contributed by atoms with Crippen LogP contribution >= 0.6 is 24.0 Å². The highest BCUT2D eigenvalue weighted by atomic mass is 127. The minimum absolute atomic E-state index is 0. The molecule has 0 aliphatic heterocycles. The van der Waals surface area contributed by atoms with E-state index in [1.165, 1.54) is 7.11 Å². The lowest BCUT2D eigenvalue weighted by Gasteiger charge is -2.08. The van der Waals surface area contributed by atoms with E-state index in [1.807, 2.05) is 30.3 Å². The summed E-state index contributed by atoms with van der Waals surface area (Å²) in [6.07, 6.45) is 0.521. The standard InChI is InChI=1S/C10H13NO2.HI/c1-13-10(12)9(11)7-8-5-3-2-4-6-8;/h2-6,9H,7,11H2,1H3;1H/t9-;/m0./s1. The number of ether oxygens (including phenoxy) is 1. The van der Waals surface area contributed by atoms with Crippen molar-refractivity contribution in [2.75, 3.05) is 7.11 Å². The van der Waals surface area contributed by atoms with Gasteiger partial charge in [-0.15, -0.1) is 24.0 Å². The maximum Gasteiger partial charge on any atom is 0.322 e. The normalized spacial score (nSPS) is 11.3. The lowest BCUT2D eigenvalue weighted by molar-refractivity contribution is -0.142. The zero-order valence-corrected chi connectivity index (χ0v) is 10.3. The van der Waals surface area contributed by atoms with Crippen molar-refractivity contribution >= 4 is 29.9 Å². The molecular formula is C10H14INO2. The first-order chi connectivity index (χ1) is 6.24. The van der Waals surface area contributed by atoms with E-state index < -0.39 is 6.04 Å². The summed E-state index contributed by atoms with van der Waals surface area (Å²) >= 11 is 0. The number of carbonyl (C=O) groups excluding carboxylic acids is 1. The van der Waals surface area contributed by atoms with Gasteiger partial charge in [0.15, 0.2) is 0 Å². The first kappa shape index (κ1) is 13.4.